The molecule has 146 valence electrons. The Morgan fingerprint density at radius 2 is 1.93 bits per heavy atom. The van der Waals surface area contributed by atoms with Gasteiger partial charge in [-0.25, -0.2) is 4.79 Å². The molecule has 0 aromatic heterocycles. The number of carbonyl (C=O) groups is 2. The van der Waals surface area contributed by atoms with Crippen LogP contribution in [-0.4, -0.2) is 66.1 Å². The van der Waals surface area contributed by atoms with Gasteiger partial charge in [0, 0.05) is 20.0 Å². The number of ether oxygens (including phenoxy) is 1. The number of methoxy groups -OCH3 is 1. The quantitative estimate of drug-likeness (QED) is 0.860. The number of carboxylic acids is 1. The SMILES string of the molecule is COc1ccc(/C=C/CN2CCC3(CC2)C[C@H](C(=O)O)N(C(C)=O)C3)cc1. The van der Waals surface area contributed by atoms with Crippen LogP contribution < -0.4 is 4.74 Å². The number of carbonyl (C=O) groups excluding carboxylic acids is 1. The van der Waals surface area contributed by atoms with Gasteiger partial charge in [-0.2, -0.15) is 0 Å². The number of nitrogens with zero attached hydrogens (tertiary/aromatic N) is 2. The van der Waals surface area contributed by atoms with Gasteiger partial charge in [0.15, 0.2) is 0 Å². The summed E-state index contributed by atoms with van der Waals surface area (Å²) in [6.45, 7) is 4.79. The Hall–Kier alpha value is -2.34. The molecule has 2 aliphatic heterocycles. The monoisotopic (exact) mass is 372 g/mol. The number of piperidine rings is 1. The van der Waals surface area contributed by atoms with Crippen LogP contribution in [0.2, 0.25) is 0 Å². The van der Waals surface area contributed by atoms with Crippen LogP contribution in [0, 0.1) is 5.41 Å². The van der Waals surface area contributed by atoms with Crippen molar-refractivity contribution in [2.45, 2.75) is 32.2 Å². The van der Waals surface area contributed by atoms with E-state index in [2.05, 4.69) is 17.1 Å². The van der Waals surface area contributed by atoms with Gasteiger partial charge in [0.2, 0.25) is 5.91 Å². The van der Waals surface area contributed by atoms with Gasteiger partial charge in [0.05, 0.1) is 7.11 Å². The summed E-state index contributed by atoms with van der Waals surface area (Å²) in [4.78, 5) is 27.2. The molecule has 1 aromatic carbocycles. The summed E-state index contributed by atoms with van der Waals surface area (Å²) in [6.07, 6.45) is 6.74. The van der Waals surface area contributed by atoms with E-state index in [-0.39, 0.29) is 11.3 Å². The lowest BCUT2D eigenvalue weighted by molar-refractivity contribution is -0.147. The van der Waals surface area contributed by atoms with E-state index in [1.807, 2.05) is 24.3 Å². The van der Waals surface area contributed by atoms with Crippen molar-refractivity contribution in [3.63, 3.8) is 0 Å². The average Bonchev–Trinajstić information content (AvgIpc) is 3.04. The molecule has 1 amide bonds. The topological polar surface area (TPSA) is 70.1 Å². The van der Waals surface area contributed by atoms with Gasteiger partial charge in [-0.05, 0) is 55.5 Å². The summed E-state index contributed by atoms with van der Waals surface area (Å²) in [7, 11) is 1.66. The number of amides is 1. The van der Waals surface area contributed by atoms with Crippen molar-refractivity contribution in [1.29, 1.82) is 0 Å². The third kappa shape index (κ3) is 4.50. The molecule has 6 nitrogen and oxygen atoms in total. The first-order chi connectivity index (χ1) is 12.9. The van der Waals surface area contributed by atoms with Crippen LogP contribution in [0.1, 0.15) is 31.7 Å². The summed E-state index contributed by atoms with van der Waals surface area (Å²) >= 11 is 0. The van der Waals surface area contributed by atoms with Crippen molar-refractivity contribution >= 4 is 18.0 Å². The van der Waals surface area contributed by atoms with Crippen molar-refractivity contribution < 1.29 is 19.4 Å². The molecule has 3 rings (SSSR count). The van der Waals surface area contributed by atoms with Gasteiger partial charge >= 0.3 is 5.97 Å². The zero-order chi connectivity index (χ0) is 19.4. The number of carboxylic acid groups (broad SMARTS) is 1. The van der Waals surface area contributed by atoms with Gasteiger partial charge in [0.1, 0.15) is 11.8 Å². The zero-order valence-electron chi connectivity index (χ0n) is 16.1. The minimum atomic E-state index is -0.882. The van der Waals surface area contributed by atoms with E-state index in [9.17, 15) is 14.7 Å². The first kappa shape index (κ1) is 19.4. The Labute approximate surface area is 160 Å². The summed E-state index contributed by atoms with van der Waals surface area (Å²) in [5, 5.41) is 9.43. The van der Waals surface area contributed by atoms with Crippen LogP contribution in [0.25, 0.3) is 6.08 Å². The van der Waals surface area contributed by atoms with Crippen molar-refractivity contribution in [1.82, 2.24) is 9.80 Å². The standard InChI is InChI=1S/C21H28N2O4/c1-16(24)23-15-21(14-19(23)20(25)26)9-12-22(13-10-21)11-3-4-17-5-7-18(27-2)8-6-17/h3-8,19H,9-15H2,1-2H3,(H,25,26)/b4-3+/t19-/m1/s1. The Morgan fingerprint density at radius 3 is 2.44 bits per heavy atom. The molecule has 2 aliphatic rings. The normalized spacial score (nSPS) is 22.4. The highest BCUT2D eigenvalue weighted by molar-refractivity contribution is 5.83. The fourth-order valence-corrected chi connectivity index (χ4v) is 4.23. The summed E-state index contributed by atoms with van der Waals surface area (Å²) in [6, 6.07) is 7.29. The zero-order valence-corrected chi connectivity index (χ0v) is 16.1. The second-order valence-electron chi connectivity index (χ2n) is 7.68. The molecule has 0 aliphatic carbocycles. The molecule has 2 fully saturated rings. The lowest BCUT2D eigenvalue weighted by Crippen LogP contribution is -2.42. The van der Waals surface area contributed by atoms with Crippen molar-refractivity contribution in [2.24, 2.45) is 5.41 Å². The third-order valence-electron chi connectivity index (χ3n) is 5.90. The van der Waals surface area contributed by atoms with Crippen molar-refractivity contribution in [3.8, 4) is 5.75 Å². The Bertz CT molecular complexity index is 681. The first-order valence-corrected chi connectivity index (χ1v) is 9.45. The van der Waals surface area contributed by atoms with Crippen LogP contribution >= 0.6 is 0 Å². The van der Waals surface area contributed by atoms with E-state index in [1.54, 1.807) is 12.0 Å². The Balaban J connectivity index is 1.52. The second kappa shape index (κ2) is 8.13. The summed E-state index contributed by atoms with van der Waals surface area (Å²) < 4.78 is 5.17. The molecule has 0 unspecified atom stereocenters. The molecule has 0 bridgehead atoms. The van der Waals surface area contributed by atoms with E-state index < -0.39 is 12.0 Å². The number of rotatable bonds is 5. The van der Waals surface area contributed by atoms with Gasteiger partial charge in [-0.15, -0.1) is 0 Å². The number of hydrogen-bond acceptors (Lipinski definition) is 4. The number of benzene rings is 1. The van der Waals surface area contributed by atoms with Gasteiger partial charge in [0.25, 0.3) is 0 Å². The van der Waals surface area contributed by atoms with Crippen LogP contribution in [0.3, 0.4) is 0 Å². The van der Waals surface area contributed by atoms with Gasteiger partial charge in [-0.3, -0.25) is 9.69 Å². The lowest BCUT2D eigenvalue weighted by Gasteiger charge is -2.38. The molecule has 0 saturated carbocycles. The smallest absolute Gasteiger partial charge is 0.326 e. The molecule has 1 N–H and O–H groups in total. The highest BCUT2D eigenvalue weighted by Gasteiger charge is 2.48. The largest absolute Gasteiger partial charge is 0.497 e. The number of hydrogen-bond donors (Lipinski definition) is 1. The second-order valence-corrected chi connectivity index (χ2v) is 7.68. The maximum absolute atomic E-state index is 11.8. The molecule has 2 saturated heterocycles. The first-order valence-electron chi connectivity index (χ1n) is 9.45. The van der Waals surface area contributed by atoms with Gasteiger partial charge in [-0.1, -0.05) is 24.3 Å². The van der Waals surface area contributed by atoms with Crippen LogP contribution in [-0.2, 0) is 9.59 Å². The Kier molecular flexibility index (Phi) is 5.85. The lowest BCUT2D eigenvalue weighted by atomic mass is 9.76. The molecule has 1 aromatic rings. The molecule has 6 heteroatoms. The number of aliphatic carboxylic acids is 1. The molecular weight excluding hydrogens is 344 g/mol. The minimum absolute atomic E-state index is 0.0368. The van der Waals surface area contributed by atoms with E-state index in [4.69, 9.17) is 4.74 Å². The fourth-order valence-electron chi connectivity index (χ4n) is 4.23. The highest BCUT2D eigenvalue weighted by Crippen LogP contribution is 2.43. The van der Waals surface area contributed by atoms with Crippen LogP contribution in [0.5, 0.6) is 5.75 Å². The fraction of sp³-hybridized carbons (Fsp3) is 0.524. The van der Waals surface area contributed by atoms with Crippen molar-refractivity contribution in [3.05, 3.63) is 35.9 Å². The van der Waals surface area contributed by atoms with E-state index in [0.717, 1.165) is 43.8 Å². The Morgan fingerprint density at radius 1 is 1.26 bits per heavy atom. The van der Waals surface area contributed by atoms with Crippen LogP contribution in [0.15, 0.2) is 30.3 Å². The van der Waals surface area contributed by atoms with Crippen molar-refractivity contribution in [2.75, 3.05) is 33.3 Å². The number of likely N-dealkylation sites (tertiary alicyclic amines) is 2. The van der Waals surface area contributed by atoms with Gasteiger partial charge < -0.3 is 14.7 Å². The molecule has 27 heavy (non-hydrogen) atoms. The predicted octanol–water partition coefficient (Wildman–Crippen LogP) is 2.50. The maximum Gasteiger partial charge on any atom is 0.326 e. The third-order valence-corrected chi connectivity index (χ3v) is 5.90. The molecule has 1 spiro atoms. The summed E-state index contributed by atoms with van der Waals surface area (Å²) in [5.74, 6) is -0.166. The predicted molar refractivity (Wildman–Crippen MR) is 104 cm³/mol. The van der Waals surface area contributed by atoms with E-state index in [1.165, 1.54) is 6.92 Å². The van der Waals surface area contributed by atoms with E-state index in [0.29, 0.717) is 13.0 Å². The molecule has 0 radical (unpaired) electrons. The van der Waals surface area contributed by atoms with E-state index >= 15 is 0 Å². The highest BCUT2D eigenvalue weighted by atomic mass is 16.5. The summed E-state index contributed by atoms with van der Waals surface area (Å²) in [5.41, 5.74) is 1.10. The minimum Gasteiger partial charge on any atom is -0.497 e. The maximum atomic E-state index is 11.8. The molecule has 2 heterocycles. The molecule has 1 atom stereocenters. The average molecular weight is 372 g/mol. The van der Waals surface area contributed by atoms with Crippen LogP contribution in [0.4, 0.5) is 0 Å². The molecular formula is C21H28N2O4.